The van der Waals surface area contributed by atoms with Gasteiger partial charge in [0.05, 0.1) is 0 Å². The summed E-state index contributed by atoms with van der Waals surface area (Å²) in [6.07, 6.45) is 1.95. The van der Waals surface area contributed by atoms with E-state index in [0.29, 0.717) is 11.8 Å². The molecule has 2 rings (SSSR count). The van der Waals surface area contributed by atoms with Gasteiger partial charge >= 0.3 is 0 Å². The normalized spacial score (nSPS) is 10.4. The Hall–Kier alpha value is -1.62. The molecule has 0 fully saturated rings. The first kappa shape index (κ1) is 11.9. The third-order valence-corrected chi connectivity index (χ3v) is 2.93. The van der Waals surface area contributed by atoms with Crippen LogP contribution in [0.1, 0.15) is 24.7 Å². The fourth-order valence-electron chi connectivity index (χ4n) is 1.38. The molecular weight excluding hydrogens is 234 g/mol. The number of anilines is 1. The minimum Gasteiger partial charge on any atom is -0.464 e. The molecule has 0 radical (unpaired) electrons. The Morgan fingerprint density at radius 2 is 2.06 bits per heavy atom. The Morgan fingerprint density at radius 1 is 1.29 bits per heavy atom. The number of nitrogens with two attached hydrogens (primary N) is 1. The van der Waals surface area contributed by atoms with Crippen LogP contribution in [0, 0.1) is 0 Å². The molecule has 0 atom stereocenters. The first-order valence-electron chi connectivity index (χ1n) is 5.57. The molecule has 2 N–H and O–H groups in total. The summed E-state index contributed by atoms with van der Waals surface area (Å²) in [5.74, 6) is 0.866. The van der Waals surface area contributed by atoms with Gasteiger partial charge in [0.1, 0.15) is 12.4 Å². The molecule has 0 aliphatic heterocycles. The van der Waals surface area contributed by atoms with Crippen LogP contribution < -0.4 is 10.5 Å². The van der Waals surface area contributed by atoms with Crippen molar-refractivity contribution in [3.8, 4) is 5.19 Å². The van der Waals surface area contributed by atoms with E-state index in [1.165, 1.54) is 11.5 Å². The van der Waals surface area contributed by atoms with E-state index in [-0.39, 0.29) is 0 Å². The molecule has 0 saturated carbocycles. The molecule has 5 heteroatoms. The third-order valence-electron chi connectivity index (χ3n) is 2.27. The molecule has 0 aliphatic carbocycles. The summed E-state index contributed by atoms with van der Waals surface area (Å²) in [6.45, 7) is 2.61. The van der Waals surface area contributed by atoms with Gasteiger partial charge in [-0.05, 0) is 24.1 Å². The van der Waals surface area contributed by atoms with Gasteiger partial charge in [-0.3, -0.25) is 0 Å². The largest absolute Gasteiger partial charge is 0.464 e. The molecule has 0 saturated heterocycles. The zero-order chi connectivity index (χ0) is 12.1. The van der Waals surface area contributed by atoms with Crippen molar-refractivity contribution >= 4 is 17.2 Å². The van der Waals surface area contributed by atoms with Gasteiger partial charge in [0.2, 0.25) is 0 Å². The molecule has 1 aromatic carbocycles. The fraction of sp³-hybridized carbons (Fsp3) is 0.333. The van der Waals surface area contributed by atoms with Gasteiger partial charge in [-0.1, -0.05) is 19.1 Å². The number of aromatic nitrogens is 2. The topological polar surface area (TPSA) is 61.0 Å². The second-order valence-corrected chi connectivity index (χ2v) is 4.47. The summed E-state index contributed by atoms with van der Waals surface area (Å²) in [5.41, 5.74) is 7.44. The van der Waals surface area contributed by atoms with Crippen molar-refractivity contribution in [2.75, 3.05) is 5.73 Å². The molecule has 0 bridgehead atoms. The molecular formula is C12H15N3OS. The van der Waals surface area contributed by atoms with Crippen LogP contribution in [0.15, 0.2) is 24.3 Å². The van der Waals surface area contributed by atoms with Crippen molar-refractivity contribution in [2.45, 2.75) is 26.4 Å². The van der Waals surface area contributed by atoms with Crippen molar-refractivity contribution in [3.05, 3.63) is 35.7 Å². The smallest absolute Gasteiger partial charge is 0.293 e. The van der Waals surface area contributed by atoms with Crippen molar-refractivity contribution in [1.82, 2.24) is 9.36 Å². The molecule has 0 unspecified atom stereocenters. The van der Waals surface area contributed by atoms with E-state index >= 15 is 0 Å². The van der Waals surface area contributed by atoms with Crippen LogP contribution in [0.4, 0.5) is 5.69 Å². The summed E-state index contributed by atoms with van der Waals surface area (Å²) in [5, 5.41) is 0.630. The van der Waals surface area contributed by atoms with Crippen LogP contribution in [0.2, 0.25) is 0 Å². The van der Waals surface area contributed by atoms with Gasteiger partial charge < -0.3 is 10.5 Å². The average Bonchev–Trinajstić information content (AvgIpc) is 2.77. The number of nitrogen functional groups attached to an aromatic ring is 1. The highest BCUT2D eigenvalue weighted by Gasteiger charge is 2.04. The molecule has 17 heavy (non-hydrogen) atoms. The number of aryl methyl sites for hydroxylation is 1. The minimum absolute atomic E-state index is 0.501. The molecule has 90 valence electrons. The van der Waals surface area contributed by atoms with E-state index in [9.17, 15) is 0 Å². The second-order valence-electron chi connectivity index (χ2n) is 3.76. The fourth-order valence-corrected chi connectivity index (χ4v) is 1.95. The Bertz CT molecular complexity index is 467. The van der Waals surface area contributed by atoms with E-state index < -0.39 is 0 Å². The molecule has 0 amide bonds. The summed E-state index contributed by atoms with van der Waals surface area (Å²) >= 11 is 1.30. The summed E-state index contributed by atoms with van der Waals surface area (Å²) < 4.78 is 9.78. The van der Waals surface area contributed by atoms with Crippen LogP contribution in [-0.4, -0.2) is 9.36 Å². The maximum Gasteiger partial charge on any atom is 0.293 e. The standard InChI is InChI=1S/C12H15N3OS/c1-2-3-11-14-12(17-15-11)16-8-9-4-6-10(13)7-5-9/h4-7H,2-3,8,13H2,1H3. The van der Waals surface area contributed by atoms with Gasteiger partial charge in [0.15, 0.2) is 0 Å². The quantitative estimate of drug-likeness (QED) is 0.827. The highest BCUT2D eigenvalue weighted by molar-refractivity contribution is 7.07. The Kier molecular flexibility index (Phi) is 3.93. The first-order valence-corrected chi connectivity index (χ1v) is 6.35. The number of nitrogens with zero attached hydrogens (tertiary/aromatic N) is 2. The molecule has 1 heterocycles. The molecule has 4 nitrogen and oxygen atoms in total. The third kappa shape index (κ3) is 3.42. The van der Waals surface area contributed by atoms with Crippen molar-refractivity contribution in [3.63, 3.8) is 0 Å². The predicted molar refractivity (Wildman–Crippen MR) is 69.1 cm³/mol. The van der Waals surface area contributed by atoms with Crippen LogP contribution in [0.25, 0.3) is 0 Å². The van der Waals surface area contributed by atoms with E-state index in [0.717, 1.165) is 29.9 Å². The maximum atomic E-state index is 5.61. The lowest BCUT2D eigenvalue weighted by Gasteiger charge is -2.02. The van der Waals surface area contributed by atoms with Crippen LogP contribution in [0.5, 0.6) is 5.19 Å². The minimum atomic E-state index is 0.501. The SMILES string of the molecule is CCCc1nsc(OCc2ccc(N)cc2)n1. The van der Waals surface area contributed by atoms with Gasteiger partial charge in [-0.25, -0.2) is 0 Å². The van der Waals surface area contributed by atoms with Crippen molar-refractivity contribution in [1.29, 1.82) is 0 Å². The number of hydrogen-bond acceptors (Lipinski definition) is 5. The lowest BCUT2D eigenvalue weighted by atomic mass is 10.2. The summed E-state index contributed by atoms with van der Waals surface area (Å²) in [6, 6.07) is 7.62. The maximum absolute atomic E-state index is 5.61. The lowest BCUT2D eigenvalue weighted by Crippen LogP contribution is -1.96. The van der Waals surface area contributed by atoms with Gasteiger partial charge in [-0.2, -0.15) is 9.36 Å². The predicted octanol–water partition coefficient (Wildman–Crippen LogP) is 2.65. The van der Waals surface area contributed by atoms with E-state index in [1.54, 1.807) is 0 Å². The Labute approximate surface area is 105 Å². The zero-order valence-electron chi connectivity index (χ0n) is 9.72. The lowest BCUT2D eigenvalue weighted by molar-refractivity contribution is 0.304. The van der Waals surface area contributed by atoms with E-state index in [2.05, 4.69) is 16.3 Å². The number of ether oxygens (including phenoxy) is 1. The van der Waals surface area contributed by atoms with Gasteiger partial charge in [0.25, 0.3) is 5.19 Å². The highest BCUT2D eigenvalue weighted by Crippen LogP contribution is 2.17. The number of rotatable bonds is 5. The molecule has 2 aromatic rings. The number of hydrogen-bond donors (Lipinski definition) is 1. The Morgan fingerprint density at radius 3 is 2.76 bits per heavy atom. The molecule has 1 aromatic heterocycles. The van der Waals surface area contributed by atoms with Gasteiger partial charge in [-0.15, -0.1) is 0 Å². The summed E-state index contributed by atoms with van der Waals surface area (Å²) in [7, 11) is 0. The zero-order valence-corrected chi connectivity index (χ0v) is 10.5. The van der Waals surface area contributed by atoms with E-state index in [1.807, 2.05) is 24.3 Å². The van der Waals surface area contributed by atoms with Crippen LogP contribution >= 0.6 is 11.5 Å². The van der Waals surface area contributed by atoms with Crippen molar-refractivity contribution < 1.29 is 4.74 Å². The number of benzene rings is 1. The Balaban J connectivity index is 1.90. The van der Waals surface area contributed by atoms with Crippen LogP contribution in [0.3, 0.4) is 0 Å². The molecule has 0 spiro atoms. The average molecular weight is 249 g/mol. The first-order chi connectivity index (χ1) is 8.28. The van der Waals surface area contributed by atoms with Crippen molar-refractivity contribution in [2.24, 2.45) is 0 Å². The van der Waals surface area contributed by atoms with E-state index in [4.69, 9.17) is 10.5 Å². The van der Waals surface area contributed by atoms with Gasteiger partial charge in [0, 0.05) is 23.6 Å². The molecule has 0 aliphatic rings. The highest BCUT2D eigenvalue weighted by atomic mass is 32.1. The van der Waals surface area contributed by atoms with Crippen LogP contribution in [-0.2, 0) is 13.0 Å². The second kappa shape index (κ2) is 5.63. The monoisotopic (exact) mass is 249 g/mol. The summed E-state index contributed by atoms with van der Waals surface area (Å²) in [4.78, 5) is 4.29.